The van der Waals surface area contributed by atoms with Crippen molar-refractivity contribution in [1.29, 1.82) is 0 Å². The third-order valence-corrected chi connectivity index (χ3v) is 4.99. The number of benzene rings is 1. The van der Waals surface area contributed by atoms with Gasteiger partial charge in [0.2, 0.25) is 10.0 Å². The quantitative estimate of drug-likeness (QED) is 0.880. The van der Waals surface area contributed by atoms with Gasteiger partial charge in [-0.3, -0.25) is 4.79 Å². The lowest BCUT2D eigenvalue weighted by atomic mass is 10.0. The highest BCUT2D eigenvalue weighted by atomic mass is 32.2. The molecule has 1 heterocycles. The third-order valence-electron chi connectivity index (χ3n) is 3.13. The second-order valence-corrected chi connectivity index (χ2v) is 6.42. The Kier molecular flexibility index (Phi) is 3.51. The number of aryl methyl sites for hydroxylation is 1. The number of carboxylic acid groups (broad SMARTS) is 1. The van der Waals surface area contributed by atoms with Crippen molar-refractivity contribution in [3.05, 3.63) is 23.8 Å². The van der Waals surface area contributed by atoms with Gasteiger partial charge in [0.1, 0.15) is 10.6 Å². The average Bonchev–Trinajstić information content (AvgIpc) is 2.25. The van der Waals surface area contributed by atoms with Crippen LogP contribution in [0.2, 0.25) is 0 Å². The molecule has 1 aliphatic heterocycles. The van der Waals surface area contributed by atoms with Crippen molar-refractivity contribution in [2.75, 3.05) is 20.2 Å². The van der Waals surface area contributed by atoms with Crippen molar-refractivity contribution >= 4 is 16.0 Å². The summed E-state index contributed by atoms with van der Waals surface area (Å²) in [4.78, 5) is 10.8. The van der Waals surface area contributed by atoms with Gasteiger partial charge in [0.05, 0.1) is 13.0 Å². The zero-order chi connectivity index (χ0) is 14.2. The Morgan fingerprint density at radius 2 is 2.05 bits per heavy atom. The molecule has 1 fully saturated rings. The minimum atomic E-state index is -3.69. The summed E-state index contributed by atoms with van der Waals surface area (Å²) in [5.41, 5.74) is 0.801. The zero-order valence-electron chi connectivity index (χ0n) is 10.7. The van der Waals surface area contributed by atoms with Gasteiger partial charge in [0.25, 0.3) is 0 Å². The maximum absolute atomic E-state index is 12.4. The molecule has 0 radical (unpaired) electrons. The Labute approximate surface area is 111 Å². The van der Waals surface area contributed by atoms with Crippen LogP contribution in [0.5, 0.6) is 5.75 Å². The first-order valence-electron chi connectivity index (χ1n) is 5.74. The largest absolute Gasteiger partial charge is 0.495 e. The summed E-state index contributed by atoms with van der Waals surface area (Å²) in [6.07, 6.45) is 0. The number of nitrogens with zero attached hydrogens (tertiary/aromatic N) is 1. The number of carboxylic acids is 1. The van der Waals surface area contributed by atoms with E-state index in [1.54, 1.807) is 19.1 Å². The second kappa shape index (κ2) is 4.82. The standard InChI is InChI=1S/C12H15NO5S/c1-8-3-4-10(18-2)11(5-8)19(16,17)13-6-9(7-13)12(14)15/h3-5,9H,6-7H2,1-2H3,(H,14,15). The zero-order valence-corrected chi connectivity index (χ0v) is 11.5. The van der Waals surface area contributed by atoms with Crippen LogP contribution in [0.1, 0.15) is 5.56 Å². The average molecular weight is 285 g/mol. The first-order chi connectivity index (χ1) is 8.86. The summed E-state index contributed by atoms with van der Waals surface area (Å²) < 4.78 is 30.9. The van der Waals surface area contributed by atoms with Gasteiger partial charge in [-0.25, -0.2) is 8.42 Å². The maximum Gasteiger partial charge on any atom is 0.309 e. The van der Waals surface area contributed by atoms with Gasteiger partial charge in [0.15, 0.2) is 0 Å². The monoisotopic (exact) mass is 285 g/mol. The lowest BCUT2D eigenvalue weighted by molar-refractivity contribution is -0.145. The molecule has 0 unspecified atom stereocenters. The SMILES string of the molecule is COc1ccc(C)cc1S(=O)(=O)N1CC(C(=O)O)C1. The minimum absolute atomic E-state index is 0.00869. The fourth-order valence-corrected chi connectivity index (χ4v) is 3.69. The van der Waals surface area contributed by atoms with Gasteiger partial charge in [0, 0.05) is 13.1 Å². The second-order valence-electron chi connectivity index (χ2n) is 4.51. The predicted octanol–water partition coefficient (Wildman–Crippen LogP) is 0.709. The number of carbonyl (C=O) groups is 1. The van der Waals surface area contributed by atoms with Gasteiger partial charge >= 0.3 is 5.97 Å². The van der Waals surface area contributed by atoms with E-state index < -0.39 is 21.9 Å². The highest BCUT2D eigenvalue weighted by Gasteiger charge is 2.41. The van der Waals surface area contributed by atoms with E-state index in [1.165, 1.54) is 13.2 Å². The van der Waals surface area contributed by atoms with Crippen LogP contribution in [0.15, 0.2) is 23.1 Å². The molecule has 1 aliphatic rings. The van der Waals surface area contributed by atoms with E-state index in [0.29, 0.717) is 0 Å². The number of ether oxygens (including phenoxy) is 1. The molecule has 1 aromatic carbocycles. The molecule has 2 rings (SSSR count). The Morgan fingerprint density at radius 3 is 2.58 bits per heavy atom. The topological polar surface area (TPSA) is 83.9 Å². The normalized spacial score (nSPS) is 16.9. The Balaban J connectivity index is 2.31. The summed E-state index contributed by atoms with van der Waals surface area (Å²) in [7, 11) is -2.29. The molecule has 0 spiro atoms. The molecular weight excluding hydrogens is 270 g/mol. The van der Waals surface area contributed by atoms with E-state index in [2.05, 4.69) is 0 Å². The Morgan fingerprint density at radius 1 is 1.42 bits per heavy atom. The molecule has 6 nitrogen and oxygen atoms in total. The summed E-state index contributed by atoms with van der Waals surface area (Å²) >= 11 is 0. The van der Waals surface area contributed by atoms with E-state index in [0.717, 1.165) is 9.87 Å². The number of rotatable bonds is 4. The molecule has 0 amide bonds. The fraction of sp³-hybridized carbons (Fsp3) is 0.417. The van der Waals surface area contributed by atoms with Crippen LogP contribution in [0, 0.1) is 12.8 Å². The van der Waals surface area contributed by atoms with Crippen molar-refractivity contribution in [2.45, 2.75) is 11.8 Å². The molecule has 19 heavy (non-hydrogen) atoms. The number of methoxy groups -OCH3 is 1. The molecule has 1 aromatic rings. The van der Waals surface area contributed by atoms with Crippen LogP contribution >= 0.6 is 0 Å². The smallest absolute Gasteiger partial charge is 0.309 e. The van der Waals surface area contributed by atoms with Crippen molar-refractivity contribution < 1.29 is 23.1 Å². The molecule has 7 heteroatoms. The third kappa shape index (κ3) is 2.43. The number of hydrogen-bond donors (Lipinski definition) is 1. The molecule has 104 valence electrons. The van der Waals surface area contributed by atoms with Crippen molar-refractivity contribution in [2.24, 2.45) is 5.92 Å². The Bertz CT molecular complexity index is 605. The molecule has 0 aliphatic carbocycles. The fourth-order valence-electron chi connectivity index (χ4n) is 1.92. The van der Waals surface area contributed by atoms with E-state index in [4.69, 9.17) is 9.84 Å². The van der Waals surface area contributed by atoms with Gasteiger partial charge in [-0.1, -0.05) is 6.07 Å². The Hall–Kier alpha value is -1.60. The number of hydrogen-bond acceptors (Lipinski definition) is 4. The summed E-state index contributed by atoms with van der Waals surface area (Å²) in [6.45, 7) is 1.80. The van der Waals surface area contributed by atoms with Crippen LogP contribution in [0.4, 0.5) is 0 Å². The van der Waals surface area contributed by atoms with Crippen LogP contribution in [0.25, 0.3) is 0 Å². The highest BCUT2D eigenvalue weighted by Crippen LogP contribution is 2.31. The van der Waals surface area contributed by atoms with Crippen molar-refractivity contribution in [3.63, 3.8) is 0 Å². The van der Waals surface area contributed by atoms with E-state index in [9.17, 15) is 13.2 Å². The number of aliphatic carboxylic acids is 1. The molecular formula is C12H15NO5S. The van der Waals surface area contributed by atoms with E-state index in [1.807, 2.05) is 0 Å². The summed E-state index contributed by atoms with van der Waals surface area (Å²) in [5.74, 6) is -1.32. The van der Waals surface area contributed by atoms with Gasteiger partial charge < -0.3 is 9.84 Å². The lowest BCUT2D eigenvalue weighted by Gasteiger charge is -2.35. The van der Waals surface area contributed by atoms with Gasteiger partial charge in [-0.2, -0.15) is 4.31 Å². The van der Waals surface area contributed by atoms with E-state index >= 15 is 0 Å². The summed E-state index contributed by atoms with van der Waals surface area (Å²) in [6, 6.07) is 4.88. The first kappa shape index (κ1) is 13.8. The lowest BCUT2D eigenvalue weighted by Crippen LogP contribution is -2.52. The van der Waals surface area contributed by atoms with Crippen LogP contribution in [0.3, 0.4) is 0 Å². The van der Waals surface area contributed by atoms with Gasteiger partial charge in [-0.05, 0) is 24.6 Å². The van der Waals surface area contributed by atoms with Gasteiger partial charge in [-0.15, -0.1) is 0 Å². The van der Waals surface area contributed by atoms with Crippen LogP contribution < -0.4 is 4.74 Å². The molecule has 1 saturated heterocycles. The minimum Gasteiger partial charge on any atom is -0.495 e. The summed E-state index contributed by atoms with van der Waals surface area (Å²) in [5, 5.41) is 8.79. The highest BCUT2D eigenvalue weighted by molar-refractivity contribution is 7.89. The molecule has 0 bridgehead atoms. The first-order valence-corrected chi connectivity index (χ1v) is 7.18. The molecule has 0 atom stereocenters. The van der Waals surface area contributed by atoms with Crippen molar-refractivity contribution in [3.8, 4) is 5.75 Å². The van der Waals surface area contributed by atoms with Crippen LogP contribution in [-0.4, -0.2) is 44.0 Å². The van der Waals surface area contributed by atoms with Crippen LogP contribution in [-0.2, 0) is 14.8 Å². The van der Waals surface area contributed by atoms with E-state index in [-0.39, 0.29) is 23.7 Å². The number of sulfonamides is 1. The molecule has 0 saturated carbocycles. The predicted molar refractivity (Wildman–Crippen MR) is 67.6 cm³/mol. The molecule has 0 aromatic heterocycles. The van der Waals surface area contributed by atoms with Crippen molar-refractivity contribution in [1.82, 2.24) is 4.31 Å². The molecule has 1 N–H and O–H groups in total. The maximum atomic E-state index is 12.4.